The number of hydrogen-bond donors (Lipinski definition) is 4. The highest BCUT2D eigenvalue weighted by molar-refractivity contribution is 5.72. The normalized spacial score (nSPS) is 19.4. The third-order valence-corrected chi connectivity index (χ3v) is 1.48. The van der Waals surface area contributed by atoms with E-state index >= 15 is 0 Å². The van der Waals surface area contributed by atoms with Crippen LogP contribution >= 0.6 is 0 Å². The summed E-state index contributed by atoms with van der Waals surface area (Å²) in [4.78, 5) is 19.9. The van der Waals surface area contributed by atoms with Crippen molar-refractivity contribution >= 4 is 11.9 Å². The Hall–Kier alpha value is -1.22. The van der Waals surface area contributed by atoms with Gasteiger partial charge in [-0.3, -0.25) is 0 Å². The number of rotatable bonds is 5. The monoisotopic (exact) mass is 208 g/mol. The van der Waals surface area contributed by atoms with Gasteiger partial charge < -0.3 is 40.2 Å². The van der Waals surface area contributed by atoms with Crippen LogP contribution in [0.25, 0.3) is 0 Å². The summed E-state index contributed by atoms with van der Waals surface area (Å²) in [6.07, 6.45) is -9.76. The first-order chi connectivity index (χ1) is 6.29. The van der Waals surface area contributed by atoms with Gasteiger partial charge >= 0.3 is 0 Å². The number of aliphatic hydroxyl groups excluding tert-OH is 4. The predicted molar refractivity (Wildman–Crippen MR) is 34.0 cm³/mol. The van der Waals surface area contributed by atoms with Crippen molar-refractivity contribution in [3.05, 3.63) is 0 Å². The van der Waals surface area contributed by atoms with Crippen LogP contribution in [0.1, 0.15) is 0 Å². The number of carbonyl (C=O) groups is 2. The molecule has 8 heteroatoms. The van der Waals surface area contributed by atoms with Gasteiger partial charge in [0, 0.05) is 0 Å². The van der Waals surface area contributed by atoms with Crippen molar-refractivity contribution in [2.75, 3.05) is 0 Å². The topological polar surface area (TPSA) is 161 Å². The highest BCUT2D eigenvalue weighted by Crippen LogP contribution is 2.04. The summed E-state index contributed by atoms with van der Waals surface area (Å²) < 4.78 is 0. The van der Waals surface area contributed by atoms with Gasteiger partial charge in [0.15, 0.2) is 0 Å². The van der Waals surface area contributed by atoms with E-state index in [4.69, 9.17) is 20.4 Å². The van der Waals surface area contributed by atoms with Crippen molar-refractivity contribution in [3.63, 3.8) is 0 Å². The Morgan fingerprint density at radius 3 is 1.14 bits per heavy atom. The lowest BCUT2D eigenvalue weighted by Gasteiger charge is -2.27. The fraction of sp³-hybridized carbons (Fsp3) is 0.667. The van der Waals surface area contributed by atoms with Crippen LogP contribution in [0.5, 0.6) is 0 Å². The minimum Gasteiger partial charge on any atom is -0.547 e. The van der Waals surface area contributed by atoms with Gasteiger partial charge in [-0.25, -0.2) is 0 Å². The Morgan fingerprint density at radius 1 is 0.786 bits per heavy atom. The molecular weight excluding hydrogens is 200 g/mol. The summed E-state index contributed by atoms with van der Waals surface area (Å²) in [6.45, 7) is 0. The molecule has 8 nitrogen and oxygen atoms in total. The van der Waals surface area contributed by atoms with Crippen LogP contribution in [0.15, 0.2) is 0 Å². The van der Waals surface area contributed by atoms with E-state index in [9.17, 15) is 19.8 Å². The van der Waals surface area contributed by atoms with Crippen LogP contribution in [0.4, 0.5) is 0 Å². The van der Waals surface area contributed by atoms with Crippen LogP contribution in [-0.2, 0) is 9.59 Å². The molecule has 0 fully saturated rings. The SMILES string of the molecule is O=C([O-])[C@@H](O)[C@H](O)[C@H](O)[C@H](O)C(=O)[O-]. The Balaban J connectivity index is 4.45. The summed E-state index contributed by atoms with van der Waals surface area (Å²) in [7, 11) is 0. The molecule has 0 aromatic rings. The molecule has 0 saturated heterocycles. The first-order valence-corrected chi connectivity index (χ1v) is 3.43. The Bertz CT molecular complexity index is 202. The molecule has 0 bridgehead atoms. The van der Waals surface area contributed by atoms with E-state index in [-0.39, 0.29) is 0 Å². The molecule has 0 aliphatic heterocycles. The second kappa shape index (κ2) is 4.86. The summed E-state index contributed by atoms with van der Waals surface area (Å²) in [5.41, 5.74) is 0. The van der Waals surface area contributed by atoms with Crippen molar-refractivity contribution in [3.8, 4) is 0 Å². The number of carboxylic acids is 2. The number of aliphatic carboxylic acids is 2. The predicted octanol–water partition coefficient (Wildman–Crippen LogP) is -6.07. The smallest absolute Gasteiger partial charge is 0.122 e. The number of carboxylic acid groups (broad SMARTS) is 2. The van der Waals surface area contributed by atoms with E-state index in [0.29, 0.717) is 0 Å². The molecule has 0 spiro atoms. The van der Waals surface area contributed by atoms with Gasteiger partial charge in [-0.15, -0.1) is 0 Å². The zero-order valence-electron chi connectivity index (χ0n) is 6.73. The molecule has 0 rings (SSSR count). The third-order valence-electron chi connectivity index (χ3n) is 1.48. The van der Waals surface area contributed by atoms with E-state index < -0.39 is 36.4 Å². The second-order valence-electron chi connectivity index (χ2n) is 2.51. The van der Waals surface area contributed by atoms with Gasteiger partial charge in [0.2, 0.25) is 0 Å². The maximum absolute atomic E-state index is 9.96. The number of carbonyl (C=O) groups excluding carboxylic acids is 2. The second-order valence-corrected chi connectivity index (χ2v) is 2.51. The zero-order chi connectivity index (χ0) is 11.5. The molecule has 4 atom stereocenters. The van der Waals surface area contributed by atoms with E-state index in [1.54, 1.807) is 0 Å². The van der Waals surface area contributed by atoms with Crippen LogP contribution in [-0.4, -0.2) is 56.8 Å². The van der Waals surface area contributed by atoms with E-state index in [0.717, 1.165) is 0 Å². The van der Waals surface area contributed by atoms with Crippen LogP contribution in [0.3, 0.4) is 0 Å². The van der Waals surface area contributed by atoms with Crippen molar-refractivity contribution in [1.82, 2.24) is 0 Å². The minimum atomic E-state index is -2.50. The largest absolute Gasteiger partial charge is 0.547 e. The highest BCUT2D eigenvalue weighted by atomic mass is 16.4. The van der Waals surface area contributed by atoms with E-state index in [1.807, 2.05) is 0 Å². The lowest BCUT2D eigenvalue weighted by Crippen LogP contribution is -2.55. The number of aliphatic hydroxyl groups is 4. The Morgan fingerprint density at radius 2 is 1.00 bits per heavy atom. The summed E-state index contributed by atoms with van der Waals surface area (Å²) >= 11 is 0. The Kier molecular flexibility index (Phi) is 4.44. The molecule has 0 amide bonds. The minimum absolute atomic E-state index is 2.11. The van der Waals surface area contributed by atoms with E-state index in [1.165, 1.54) is 0 Å². The summed E-state index contributed by atoms with van der Waals surface area (Å²) in [6, 6.07) is 0. The molecule has 0 aliphatic carbocycles. The zero-order valence-corrected chi connectivity index (χ0v) is 6.73. The van der Waals surface area contributed by atoms with Gasteiger partial charge in [-0.05, 0) is 0 Å². The van der Waals surface area contributed by atoms with Crippen molar-refractivity contribution < 1.29 is 40.2 Å². The molecule has 0 radical (unpaired) electrons. The fourth-order valence-corrected chi connectivity index (χ4v) is 0.652. The van der Waals surface area contributed by atoms with Gasteiger partial charge in [0.05, 0.1) is 11.9 Å². The maximum Gasteiger partial charge on any atom is 0.122 e. The first-order valence-electron chi connectivity index (χ1n) is 3.43. The lowest BCUT2D eigenvalue weighted by molar-refractivity contribution is -0.327. The maximum atomic E-state index is 9.96. The molecular formula is C6H8O8-2. The quantitative estimate of drug-likeness (QED) is 0.347. The van der Waals surface area contributed by atoms with Crippen LogP contribution in [0.2, 0.25) is 0 Å². The fourth-order valence-electron chi connectivity index (χ4n) is 0.652. The van der Waals surface area contributed by atoms with Crippen LogP contribution < -0.4 is 10.2 Å². The van der Waals surface area contributed by atoms with Gasteiger partial charge in [-0.2, -0.15) is 0 Å². The average molecular weight is 208 g/mol. The van der Waals surface area contributed by atoms with Crippen molar-refractivity contribution in [2.45, 2.75) is 24.4 Å². The van der Waals surface area contributed by atoms with Crippen LogP contribution in [0, 0.1) is 0 Å². The van der Waals surface area contributed by atoms with Gasteiger partial charge in [-0.1, -0.05) is 0 Å². The van der Waals surface area contributed by atoms with Crippen molar-refractivity contribution in [2.24, 2.45) is 0 Å². The highest BCUT2D eigenvalue weighted by Gasteiger charge is 2.31. The lowest BCUT2D eigenvalue weighted by atomic mass is 10.0. The number of hydrogen-bond acceptors (Lipinski definition) is 8. The molecule has 0 aliphatic rings. The molecule has 4 N–H and O–H groups in total. The molecule has 0 unspecified atom stereocenters. The van der Waals surface area contributed by atoms with Gasteiger partial charge in [0.25, 0.3) is 0 Å². The summed E-state index contributed by atoms with van der Waals surface area (Å²) in [5, 5.41) is 54.7. The molecule has 0 heterocycles. The molecule has 14 heavy (non-hydrogen) atoms. The molecule has 0 aromatic heterocycles. The molecule has 0 saturated carbocycles. The first kappa shape index (κ1) is 12.8. The van der Waals surface area contributed by atoms with Gasteiger partial charge in [0.1, 0.15) is 24.4 Å². The molecule has 0 aromatic carbocycles. The van der Waals surface area contributed by atoms with E-state index in [2.05, 4.69) is 0 Å². The Labute approximate surface area is 77.7 Å². The van der Waals surface area contributed by atoms with Crippen molar-refractivity contribution in [1.29, 1.82) is 0 Å². The average Bonchev–Trinajstić information content (AvgIpc) is 2.12. The third kappa shape index (κ3) is 2.92. The summed E-state index contributed by atoms with van der Waals surface area (Å²) in [5.74, 6) is -4.22. The molecule has 82 valence electrons. The standard InChI is InChI=1S/C6H10O8/c7-1(3(9)5(11)12)2(8)4(10)6(13)14/h1-4,7-10H,(H,11,12)(H,13,14)/p-2/t1-,2+,3-,4-/m0/s1.